The van der Waals surface area contributed by atoms with E-state index in [2.05, 4.69) is 34.5 Å². The van der Waals surface area contributed by atoms with E-state index in [0.29, 0.717) is 11.5 Å². The summed E-state index contributed by atoms with van der Waals surface area (Å²) in [4.78, 5) is 19.0. The molecule has 1 aromatic rings. The Morgan fingerprint density at radius 2 is 2.25 bits per heavy atom. The highest BCUT2D eigenvalue weighted by molar-refractivity contribution is 5.99. The van der Waals surface area contributed by atoms with Gasteiger partial charge in [-0.3, -0.25) is 9.78 Å². The van der Waals surface area contributed by atoms with Gasteiger partial charge in [0, 0.05) is 31.5 Å². The van der Waals surface area contributed by atoms with Crippen molar-refractivity contribution < 1.29 is 4.79 Å². The first-order valence-corrected chi connectivity index (χ1v) is 7.15. The fraction of sp³-hybridized carbons (Fsp3) is 0.600. The van der Waals surface area contributed by atoms with Gasteiger partial charge in [-0.15, -0.1) is 0 Å². The van der Waals surface area contributed by atoms with E-state index in [1.807, 2.05) is 20.0 Å². The molecule has 2 rings (SSSR count). The molecule has 20 heavy (non-hydrogen) atoms. The van der Waals surface area contributed by atoms with E-state index in [9.17, 15) is 4.79 Å². The van der Waals surface area contributed by atoms with Crippen molar-refractivity contribution in [3.05, 3.63) is 23.5 Å². The SMILES string of the molecule is CNc1cc(C)ncc1C(=O)NC1CCN(C)CC1C. The number of carbonyl (C=O) groups excluding carboxylic acids is 1. The van der Waals surface area contributed by atoms with E-state index < -0.39 is 0 Å². The standard InChI is InChI=1S/C15H24N4O/c1-10-9-19(4)6-5-13(10)18-15(20)12-8-17-11(2)7-14(12)16-3/h7-8,10,13H,5-6,9H2,1-4H3,(H,16,17)(H,18,20). The van der Waals surface area contributed by atoms with Crippen LogP contribution in [-0.2, 0) is 0 Å². The second-order valence-corrected chi connectivity index (χ2v) is 5.73. The van der Waals surface area contributed by atoms with E-state index in [4.69, 9.17) is 0 Å². The zero-order valence-corrected chi connectivity index (χ0v) is 12.7. The summed E-state index contributed by atoms with van der Waals surface area (Å²) in [5, 5.41) is 6.22. The molecule has 0 saturated carbocycles. The summed E-state index contributed by atoms with van der Waals surface area (Å²) < 4.78 is 0. The van der Waals surface area contributed by atoms with Crippen LogP contribution in [0.4, 0.5) is 5.69 Å². The molecular formula is C15H24N4O. The molecule has 0 bridgehead atoms. The molecule has 0 spiro atoms. The maximum Gasteiger partial charge on any atom is 0.255 e. The second-order valence-electron chi connectivity index (χ2n) is 5.73. The predicted molar refractivity (Wildman–Crippen MR) is 81.1 cm³/mol. The molecule has 1 aliphatic heterocycles. The van der Waals surface area contributed by atoms with Crippen molar-refractivity contribution in [2.24, 2.45) is 5.92 Å². The van der Waals surface area contributed by atoms with Crippen molar-refractivity contribution in [3.8, 4) is 0 Å². The molecule has 1 aromatic heterocycles. The van der Waals surface area contributed by atoms with Crippen LogP contribution in [0, 0.1) is 12.8 Å². The summed E-state index contributed by atoms with van der Waals surface area (Å²) in [7, 11) is 3.95. The summed E-state index contributed by atoms with van der Waals surface area (Å²) in [6.07, 6.45) is 2.65. The molecule has 0 aliphatic carbocycles. The number of anilines is 1. The van der Waals surface area contributed by atoms with Crippen molar-refractivity contribution >= 4 is 11.6 Å². The normalized spacial score (nSPS) is 23.4. The van der Waals surface area contributed by atoms with Crippen LogP contribution in [0.2, 0.25) is 0 Å². The van der Waals surface area contributed by atoms with Crippen LogP contribution >= 0.6 is 0 Å². The van der Waals surface area contributed by atoms with Crippen molar-refractivity contribution in [2.45, 2.75) is 26.3 Å². The summed E-state index contributed by atoms with van der Waals surface area (Å²) in [5.74, 6) is 0.428. The Morgan fingerprint density at radius 1 is 1.50 bits per heavy atom. The van der Waals surface area contributed by atoms with Gasteiger partial charge in [0.25, 0.3) is 5.91 Å². The van der Waals surface area contributed by atoms with Crippen LogP contribution in [0.3, 0.4) is 0 Å². The van der Waals surface area contributed by atoms with Crippen LogP contribution in [-0.4, -0.2) is 49.0 Å². The minimum atomic E-state index is -0.0387. The predicted octanol–water partition coefficient (Wildman–Crippen LogP) is 1.50. The second kappa shape index (κ2) is 6.22. The Labute approximate surface area is 120 Å². The largest absolute Gasteiger partial charge is 0.387 e. The van der Waals surface area contributed by atoms with Gasteiger partial charge in [0.15, 0.2) is 0 Å². The van der Waals surface area contributed by atoms with Gasteiger partial charge in [-0.05, 0) is 38.9 Å². The van der Waals surface area contributed by atoms with E-state index >= 15 is 0 Å². The molecule has 0 aromatic carbocycles. The topological polar surface area (TPSA) is 57.3 Å². The number of amides is 1. The lowest BCUT2D eigenvalue weighted by Crippen LogP contribution is -2.48. The number of pyridine rings is 1. The number of rotatable bonds is 3. The molecule has 1 aliphatic rings. The van der Waals surface area contributed by atoms with Crippen LogP contribution in [0.5, 0.6) is 0 Å². The fourth-order valence-corrected chi connectivity index (χ4v) is 2.76. The molecule has 2 heterocycles. The summed E-state index contributed by atoms with van der Waals surface area (Å²) in [6, 6.07) is 2.14. The Bertz CT molecular complexity index is 489. The van der Waals surface area contributed by atoms with Gasteiger partial charge in [-0.25, -0.2) is 0 Å². The van der Waals surface area contributed by atoms with Gasteiger partial charge in [0.1, 0.15) is 0 Å². The average molecular weight is 276 g/mol. The van der Waals surface area contributed by atoms with Crippen LogP contribution in [0.1, 0.15) is 29.4 Å². The van der Waals surface area contributed by atoms with Gasteiger partial charge < -0.3 is 15.5 Å². The Hall–Kier alpha value is -1.62. The van der Waals surface area contributed by atoms with Gasteiger partial charge in [-0.1, -0.05) is 6.92 Å². The van der Waals surface area contributed by atoms with Crippen molar-refractivity contribution in [2.75, 3.05) is 32.5 Å². The lowest BCUT2D eigenvalue weighted by molar-refractivity contribution is 0.0884. The number of aryl methyl sites for hydroxylation is 1. The lowest BCUT2D eigenvalue weighted by atomic mass is 9.94. The van der Waals surface area contributed by atoms with E-state index in [0.717, 1.165) is 30.9 Å². The first kappa shape index (κ1) is 14.8. The van der Waals surface area contributed by atoms with E-state index in [1.54, 1.807) is 6.20 Å². The third kappa shape index (κ3) is 3.28. The third-order valence-corrected chi connectivity index (χ3v) is 3.98. The first-order chi connectivity index (χ1) is 9.51. The highest BCUT2D eigenvalue weighted by Crippen LogP contribution is 2.19. The zero-order valence-electron chi connectivity index (χ0n) is 12.7. The monoisotopic (exact) mass is 276 g/mol. The Balaban J connectivity index is 2.08. The molecule has 5 heteroatoms. The summed E-state index contributed by atoms with van der Waals surface area (Å²) in [5.41, 5.74) is 2.35. The highest BCUT2D eigenvalue weighted by atomic mass is 16.1. The molecule has 2 atom stereocenters. The number of hydrogen-bond donors (Lipinski definition) is 2. The van der Waals surface area contributed by atoms with Crippen LogP contribution in [0.15, 0.2) is 12.3 Å². The molecule has 2 unspecified atom stereocenters. The number of likely N-dealkylation sites (tertiary alicyclic amines) is 1. The third-order valence-electron chi connectivity index (χ3n) is 3.98. The fourth-order valence-electron chi connectivity index (χ4n) is 2.76. The smallest absolute Gasteiger partial charge is 0.255 e. The van der Waals surface area contributed by atoms with Gasteiger partial charge in [0.2, 0.25) is 0 Å². The van der Waals surface area contributed by atoms with E-state index in [1.165, 1.54) is 0 Å². The maximum absolute atomic E-state index is 12.4. The van der Waals surface area contributed by atoms with E-state index in [-0.39, 0.29) is 11.9 Å². The minimum absolute atomic E-state index is 0.0387. The molecule has 1 amide bonds. The molecule has 1 saturated heterocycles. The number of piperidine rings is 1. The maximum atomic E-state index is 12.4. The Kier molecular flexibility index (Phi) is 4.60. The molecule has 2 N–H and O–H groups in total. The number of nitrogens with one attached hydrogen (secondary N) is 2. The Morgan fingerprint density at radius 3 is 2.90 bits per heavy atom. The highest BCUT2D eigenvalue weighted by Gasteiger charge is 2.26. The number of nitrogens with zero attached hydrogens (tertiary/aromatic N) is 2. The van der Waals surface area contributed by atoms with Gasteiger partial charge in [0.05, 0.1) is 11.3 Å². The van der Waals surface area contributed by atoms with Crippen molar-refractivity contribution in [1.29, 1.82) is 0 Å². The molecule has 1 fully saturated rings. The lowest BCUT2D eigenvalue weighted by Gasteiger charge is -2.35. The molecule has 5 nitrogen and oxygen atoms in total. The van der Waals surface area contributed by atoms with Crippen molar-refractivity contribution in [1.82, 2.24) is 15.2 Å². The quantitative estimate of drug-likeness (QED) is 0.878. The first-order valence-electron chi connectivity index (χ1n) is 7.15. The number of hydrogen-bond acceptors (Lipinski definition) is 4. The number of aromatic nitrogens is 1. The minimum Gasteiger partial charge on any atom is -0.387 e. The summed E-state index contributed by atoms with van der Waals surface area (Å²) in [6.45, 7) is 6.16. The van der Waals surface area contributed by atoms with Gasteiger partial charge in [-0.2, -0.15) is 0 Å². The summed E-state index contributed by atoms with van der Waals surface area (Å²) >= 11 is 0. The van der Waals surface area contributed by atoms with Crippen LogP contribution < -0.4 is 10.6 Å². The average Bonchev–Trinajstić information content (AvgIpc) is 2.41. The molecular weight excluding hydrogens is 252 g/mol. The molecule has 110 valence electrons. The zero-order chi connectivity index (χ0) is 14.7. The van der Waals surface area contributed by atoms with Crippen LogP contribution in [0.25, 0.3) is 0 Å². The molecule has 0 radical (unpaired) electrons. The van der Waals surface area contributed by atoms with Crippen molar-refractivity contribution in [3.63, 3.8) is 0 Å². The van der Waals surface area contributed by atoms with Gasteiger partial charge >= 0.3 is 0 Å². The number of carbonyl (C=O) groups is 1.